The number of unbranched alkanes of at least 4 members (excludes halogenated alkanes) is 27. The lowest BCUT2D eigenvalue weighted by molar-refractivity contribution is -0.298. The second-order valence-corrected chi connectivity index (χ2v) is 17.4. The van der Waals surface area contributed by atoms with E-state index in [1.54, 1.807) is 0 Å². The number of rotatable bonds is 39. The minimum atomic E-state index is -5.07. The average molecular weight is 824 g/mol. The van der Waals surface area contributed by atoms with Gasteiger partial charge in [0.2, 0.25) is 5.91 Å². The molecule has 0 spiro atoms. The summed E-state index contributed by atoms with van der Waals surface area (Å²) in [5.41, 5.74) is 0. The molecule has 334 valence electrons. The SMILES string of the molecule is CCCCCCCCCCCCCCCCCCC(O)C(COC1OC(CO)C(O)C(OS(=O)(=O)O)C1O)NC(=O)CCCCCCCCCCCCCCC. The number of hydrogen-bond donors (Lipinski definition) is 6. The molecule has 0 aliphatic carbocycles. The predicted molar refractivity (Wildman–Crippen MR) is 223 cm³/mol. The van der Waals surface area contributed by atoms with Crippen LogP contribution in [0.2, 0.25) is 0 Å². The molecule has 0 aromatic carbocycles. The highest BCUT2D eigenvalue weighted by molar-refractivity contribution is 7.80. The molecular formula is C43H85NO11S. The van der Waals surface area contributed by atoms with Gasteiger partial charge in [-0.3, -0.25) is 9.35 Å². The third kappa shape index (κ3) is 27.7. The van der Waals surface area contributed by atoms with Gasteiger partial charge in [-0.2, -0.15) is 8.42 Å². The average Bonchev–Trinajstić information content (AvgIpc) is 3.16. The molecular weight excluding hydrogens is 739 g/mol. The van der Waals surface area contributed by atoms with Crippen LogP contribution in [0.4, 0.5) is 0 Å². The number of aliphatic hydroxyl groups excluding tert-OH is 4. The molecule has 1 rings (SSSR count). The van der Waals surface area contributed by atoms with Crippen LogP contribution < -0.4 is 5.32 Å². The molecule has 0 saturated carbocycles. The summed E-state index contributed by atoms with van der Waals surface area (Å²) in [6, 6.07) is -0.850. The molecule has 1 aliphatic heterocycles. The minimum absolute atomic E-state index is 0.228. The number of nitrogens with one attached hydrogen (secondary N) is 1. The molecule has 13 heteroatoms. The highest BCUT2D eigenvalue weighted by Gasteiger charge is 2.48. The molecule has 7 atom stereocenters. The Kier molecular flexibility index (Phi) is 33.1. The second-order valence-electron chi connectivity index (χ2n) is 16.4. The first kappa shape index (κ1) is 53.1. The van der Waals surface area contributed by atoms with Gasteiger partial charge in [-0.1, -0.05) is 194 Å². The van der Waals surface area contributed by atoms with Gasteiger partial charge in [0, 0.05) is 6.42 Å². The number of amides is 1. The largest absolute Gasteiger partial charge is 0.397 e. The van der Waals surface area contributed by atoms with Crippen molar-refractivity contribution in [3.63, 3.8) is 0 Å². The van der Waals surface area contributed by atoms with E-state index < -0.39 is 59.9 Å². The fourth-order valence-corrected chi connectivity index (χ4v) is 8.09. The van der Waals surface area contributed by atoms with E-state index in [0.717, 1.165) is 51.4 Å². The van der Waals surface area contributed by atoms with Gasteiger partial charge in [-0.15, -0.1) is 0 Å². The molecule has 7 unspecified atom stereocenters. The lowest BCUT2D eigenvalue weighted by atomic mass is 9.99. The van der Waals surface area contributed by atoms with E-state index in [1.807, 2.05) is 0 Å². The Morgan fingerprint density at radius 2 is 1.04 bits per heavy atom. The Hall–Kier alpha value is -0.900. The van der Waals surface area contributed by atoms with Gasteiger partial charge in [-0.05, 0) is 12.8 Å². The topological polar surface area (TPSA) is 192 Å². The molecule has 0 aromatic rings. The second kappa shape index (κ2) is 34.9. The van der Waals surface area contributed by atoms with Crippen LogP contribution in [0.3, 0.4) is 0 Å². The fourth-order valence-electron chi connectivity index (χ4n) is 7.58. The van der Waals surface area contributed by atoms with Crippen LogP contribution >= 0.6 is 0 Å². The summed E-state index contributed by atoms with van der Waals surface area (Å²) in [6.07, 6.45) is 26.7. The van der Waals surface area contributed by atoms with Crippen LogP contribution in [0.5, 0.6) is 0 Å². The van der Waals surface area contributed by atoms with Crippen molar-refractivity contribution >= 4 is 16.3 Å². The van der Waals surface area contributed by atoms with Crippen LogP contribution in [0.15, 0.2) is 0 Å². The summed E-state index contributed by atoms with van der Waals surface area (Å²) in [5, 5.41) is 44.8. The molecule has 1 saturated heterocycles. The van der Waals surface area contributed by atoms with Gasteiger partial charge in [0.1, 0.15) is 24.4 Å². The van der Waals surface area contributed by atoms with Crippen LogP contribution in [0.25, 0.3) is 0 Å². The van der Waals surface area contributed by atoms with Crippen molar-refractivity contribution in [2.24, 2.45) is 0 Å². The van der Waals surface area contributed by atoms with E-state index in [2.05, 4.69) is 23.3 Å². The Bertz CT molecular complexity index is 1020. The summed E-state index contributed by atoms with van der Waals surface area (Å²) < 4.78 is 47.6. The zero-order valence-electron chi connectivity index (χ0n) is 35.5. The fraction of sp³-hybridized carbons (Fsp3) is 0.977. The number of hydrogen-bond acceptors (Lipinski definition) is 10. The van der Waals surface area contributed by atoms with E-state index in [0.29, 0.717) is 12.8 Å². The summed E-state index contributed by atoms with van der Waals surface area (Å²) in [7, 11) is -5.07. The minimum Gasteiger partial charge on any atom is -0.394 e. The summed E-state index contributed by atoms with van der Waals surface area (Å²) in [6.45, 7) is 3.45. The van der Waals surface area contributed by atoms with Crippen molar-refractivity contribution in [2.45, 2.75) is 256 Å². The molecule has 1 amide bonds. The van der Waals surface area contributed by atoms with Crippen LogP contribution in [0.1, 0.15) is 213 Å². The maximum atomic E-state index is 13.0. The van der Waals surface area contributed by atoms with Crippen molar-refractivity contribution in [3.05, 3.63) is 0 Å². The van der Waals surface area contributed by atoms with Gasteiger partial charge in [0.15, 0.2) is 6.29 Å². The van der Waals surface area contributed by atoms with Gasteiger partial charge in [0.05, 0.1) is 25.4 Å². The van der Waals surface area contributed by atoms with E-state index >= 15 is 0 Å². The molecule has 1 fully saturated rings. The molecule has 0 radical (unpaired) electrons. The van der Waals surface area contributed by atoms with Gasteiger partial charge in [-0.25, -0.2) is 4.18 Å². The number of aliphatic hydroxyl groups is 4. The molecule has 1 heterocycles. The van der Waals surface area contributed by atoms with E-state index in [-0.39, 0.29) is 12.5 Å². The lowest BCUT2D eigenvalue weighted by Crippen LogP contribution is -2.61. The molecule has 12 nitrogen and oxygen atoms in total. The zero-order chi connectivity index (χ0) is 41.3. The van der Waals surface area contributed by atoms with E-state index in [1.165, 1.54) is 135 Å². The zero-order valence-corrected chi connectivity index (χ0v) is 36.3. The molecule has 0 bridgehead atoms. The predicted octanol–water partition coefficient (Wildman–Crippen LogP) is 8.61. The highest BCUT2D eigenvalue weighted by atomic mass is 32.3. The Balaban J connectivity index is 2.50. The molecule has 6 N–H and O–H groups in total. The summed E-state index contributed by atoms with van der Waals surface area (Å²) >= 11 is 0. The third-order valence-electron chi connectivity index (χ3n) is 11.2. The molecule has 0 aromatic heterocycles. The van der Waals surface area contributed by atoms with Gasteiger partial charge < -0.3 is 35.2 Å². The Morgan fingerprint density at radius 1 is 0.643 bits per heavy atom. The first-order chi connectivity index (χ1) is 27.0. The Labute approximate surface area is 341 Å². The normalized spacial score (nSPS) is 21.3. The first-order valence-corrected chi connectivity index (χ1v) is 24.3. The standard InChI is InChI=1S/C43H85NO11S/c1-3-5-7-9-11-13-15-17-18-19-21-22-24-26-28-30-32-37(46)36(35-53-43-41(49)42(55-56(50,51)52)40(48)38(34-45)54-43)44-39(47)33-31-29-27-25-23-20-16-14-12-10-8-6-4-2/h36-38,40-43,45-46,48-49H,3-35H2,1-2H3,(H,44,47)(H,50,51,52). The Morgan fingerprint density at radius 3 is 1.43 bits per heavy atom. The highest BCUT2D eigenvalue weighted by Crippen LogP contribution is 2.26. The third-order valence-corrected chi connectivity index (χ3v) is 11.6. The number of carbonyl (C=O) groups excluding carboxylic acids is 1. The van der Waals surface area contributed by atoms with Crippen LogP contribution in [-0.4, -0.2) is 95.4 Å². The van der Waals surface area contributed by atoms with Crippen molar-refractivity contribution in [2.75, 3.05) is 13.2 Å². The van der Waals surface area contributed by atoms with Crippen LogP contribution in [-0.2, 0) is 28.9 Å². The van der Waals surface area contributed by atoms with Crippen LogP contribution in [0, 0.1) is 0 Å². The van der Waals surface area contributed by atoms with E-state index in [9.17, 15) is 38.2 Å². The summed E-state index contributed by atoms with van der Waals surface area (Å²) in [4.78, 5) is 13.0. The van der Waals surface area contributed by atoms with Crippen molar-refractivity contribution in [1.29, 1.82) is 0 Å². The number of carbonyl (C=O) groups is 1. The molecule has 1 aliphatic rings. The smallest absolute Gasteiger partial charge is 0.394 e. The maximum Gasteiger partial charge on any atom is 0.397 e. The molecule has 56 heavy (non-hydrogen) atoms. The maximum absolute atomic E-state index is 13.0. The van der Waals surface area contributed by atoms with E-state index in [4.69, 9.17) is 9.47 Å². The van der Waals surface area contributed by atoms with Crippen molar-refractivity contribution in [1.82, 2.24) is 5.32 Å². The monoisotopic (exact) mass is 824 g/mol. The van der Waals surface area contributed by atoms with Gasteiger partial charge >= 0.3 is 10.4 Å². The van der Waals surface area contributed by atoms with Gasteiger partial charge in [0.25, 0.3) is 0 Å². The number of ether oxygens (including phenoxy) is 2. The van der Waals surface area contributed by atoms with Crippen molar-refractivity contribution in [3.8, 4) is 0 Å². The quantitative estimate of drug-likeness (QED) is 0.0257. The van der Waals surface area contributed by atoms with Crippen molar-refractivity contribution < 1.29 is 51.8 Å². The first-order valence-electron chi connectivity index (χ1n) is 22.9. The summed E-state index contributed by atoms with van der Waals surface area (Å²) in [5.74, 6) is -0.228. The lowest BCUT2D eigenvalue weighted by Gasteiger charge is -2.41.